The molecule has 1 saturated heterocycles. The summed E-state index contributed by atoms with van der Waals surface area (Å²) in [6.45, 7) is 2.00. The third-order valence-corrected chi connectivity index (χ3v) is 5.64. The molecule has 0 aromatic heterocycles. The Labute approximate surface area is 168 Å². The Morgan fingerprint density at radius 1 is 0.963 bits per heavy atom. The molecule has 0 N–H and O–H groups in total. The number of carbonyl (C=O) groups is 1. The van der Waals surface area contributed by atoms with E-state index in [0.717, 1.165) is 27.6 Å². The van der Waals surface area contributed by atoms with Gasteiger partial charge in [-0.1, -0.05) is 90.7 Å². The standard InChI is InChI=1S/C23H17NOS2/c1-16(13-17-7-3-2-4-8-17)14-21-22(25)24(23(26)27-21)20-12-11-18-9-5-6-10-19(18)15-20/h2-15H,1H3/b16-13-,21-14+. The lowest BCUT2D eigenvalue weighted by atomic mass is 10.1. The molecule has 3 aromatic carbocycles. The highest BCUT2D eigenvalue weighted by Crippen LogP contribution is 2.36. The molecule has 27 heavy (non-hydrogen) atoms. The number of carbonyl (C=O) groups excluding carboxylic acids is 1. The van der Waals surface area contributed by atoms with Crippen LogP contribution >= 0.6 is 24.0 Å². The van der Waals surface area contributed by atoms with Crippen LogP contribution in [-0.2, 0) is 4.79 Å². The minimum Gasteiger partial charge on any atom is -0.268 e. The predicted octanol–water partition coefficient (Wildman–Crippen LogP) is 6.19. The molecule has 0 radical (unpaired) electrons. The molecule has 4 heteroatoms. The van der Waals surface area contributed by atoms with Crippen molar-refractivity contribution >= 4 is 56.7 Å². The first kappa shape index (κ1) is 17.7. The van der Waals surface area contributed by atoms with E-state index in [1.807, 2.05) is 79.7 Å². The molecule has 4 rings (SSSR count). The van der Waals surface area contributed by atoms with Gasteiger partial charge in [-0.25, -0.2) is 0 Å². The second-order valence-corrected chi connectivity index (χ2v) is 8.02. The van der Waals surface area contributed by atoms with E-state index in [0.29, 0.717) is 9.23 Å². The number of anilines is 1. The first-order chi connectivity index (χ1) is 13.1. The maximum absolute atomic E-state index is 13.0. The van der Waals surface area contributed by atoms with Crippen LogP contribution in [0.25, 0.3) is 16.8 Å². The smallest absolute Gasteiger partial charge is 0.268 e. The predicted molar refractivity (Wildman–Crippen MR) is 120 cm³/mol. The quantitative estimate of drug-likeness (QED) is 0.395. The van der Waals surface area contributed by atoms with Gasteiger partial charge >= 0.3 is 0 Å². The number of allylic oxidation sites excluding steroid dienone is 2. The summed E-state index contributed by atoms with van der Waals surface area (Å²) in [5, 5.41) is 2.23. The fraction of sp³-hybridized carbons (Fsp3) is 0.0435. The van der Waals surface area contributed by atoms with Crippen LogP contribution in [0, 0.1) is 0 Å². The number of thiocarbonyl (C=S) groups is 1. The van der Waals surface area contributed by atoms with E-state index in [1.54, 1.807) is 4.90 Å². The van der Waals surface area contributed by atoms with Gasteiger partial charge < -0.3 is 0 Å². The van der Waals surface area contributed by atoms with Crippen molar-refractivity contribution in [2.75, 3.05) is 4.90 Å². The Balaban J connectivity index is 1.64. The van der Waals surface area contributed by atoms with Gasteiger partial charge in [0, 0.05) is 0 Å². The average molecular weight is 388 g/mol. The Bertz CT molecular complexity index is 1100. The molecule has 1 aliphatic heterocycles. The van der Waals surface area contributed by atoms with Gasteiger partial charge in [0.15, 0.2) is 4.32 Å². The summed E-state index contributed by atoms with van der Waals surface area (Å²) in [5.41, 5.74) is 2.93. The van der Waals surface area contributed by atoms with Crippen LogP contribution in [0.15, 0.2) is 89.4 Å². The zero-order valence-corrected chi connectivity index (χ0v) is 16.4. The van der Waals surface area contributed by atoms with Crippen LogP contribution in [0.5, 0.6) is 0 Å². The van der Waals surface area contributed by atoms with Crippen molar-refractivity contribution in [2.24, 2.45) is 0 Å². The number of benzene rings is 3. The Kier molecular flexibility index (Phi) is 4.92. The second kappa shape index (κ2) is 7.51. The van der Waals surface area contributed by atoms with Crippen molar-refractivity contribution in [3.8, 4) is 0 Å². The number of nitrogens with zero attached hydrogens (tertiary/aromatic N) is 1. The Morgan fingerprint density at radius 2 is 1.67 bits per heavy atom. The van der Waals surface area contributed by atoms with E-state index in [9.17, 15) is 4.79 Å². The van der Waals surface area contributed by atoms with Gasteiger partial charge in [-0.2, -0.15) is 0 Å². The first-order valence-corrected chi connectivity index (χ1v) is 9.84. The highest BCUT2D eigenvalue weighted by Gasteiger charge is 2.33. The topological polar surface area (TPSA) is 20.3 Å². The van der Waals surface area contributed by atoms with Crippen molar-refractivity contribution in [3.05, 3.63) is 94.9 Å². The third kappa shape index (κ3) is 3.72. The fourth-order valence-electron chi connectivity index (χ4n) is 3.07. The monoisotopic (exact) mass is 387 g/mol. The molecule has 3 aromatic rings. The van der Waals surface area contributed by atoms with Crippen LogP contribution < -0.4 is 4.90 Å². The molecule has 0 spiro atoms. The number of hydrogen-bond donors (Lipinski definition) is 0. The van der Waals surface area contributed by atoms with Gasteiger partial charge in [-0.05, 0) is 47.0 Å². The summed E-state index contributed by atoms with van der Waals surface area (Å²) < 4.78 is 0.564. The molecule has 1 amide bonds. The van der Waals surface area contributed by atoms with E-state index >= 15 is 0 Å². The molecule has 1 aliphatic rings. The lowest BCUT2D eigenvalue weighted by molar-refractivity contribution is -0.113. The van der Waals surface area contributed by atoms with Crippen molar-refractivity contribution < 1.29 is 4.79 Å². The fourth-order valence-corrected chi connectivity index (χ4v) is 4.42. The maximum atomic E-state index is 13.0. The van der Waals surface area contributed by atoms with Crippen molar-refractivity contribution in [1.82, 2.24) is 0 Å². The molecular formula is C23H17NOS2. The lowest BCUT2D eigenvalue weighted by Gasteiger charge is -2.15. The van der Waals surface area contributed by atoms with Gasteiger partial charge in [0.2, 0.25) is 0 Å². The van der Waals surface area contributed by atoms with Crippen molar-refractivity contribution in [3.63, 3.8) is 0 Å². The molecule has 132 valence electrons. The van der Waals surface area contributed by atoms with Crippen molar-refractivity contribution in [1.29, 1.82) is 0 Å². The maximum Gasteiger partial charge on any atom is 0.270 e. The number of thioether (sulfide) groups is 1. The number of amides is 1. The molecule has 1 heterocycles. The summed E-state index contributed by atoms with van der Waals surface area (Å²) in [6, 6.07) is 24.1. The SMILES string of the molecule is CC(=C/c1ccccc1)/C=C1/SC(=S)N(c2ccc3ccccc3c2)C1=O. The van der Waals surface area contributed by atoms with Crippen LogP contribution in [0.1, 0.15) is 12.5 Å². The molecule has 0 aliphatic carbocycles. The minimum atomic E-state index is -0.0684. The zero-order valence-electron chi connectivity index (χ0n) is 14.8. The summed E-state index contributed by atoms with van der Waals surface area (Å²) in [6.07, 6.45) is 3.97. The van der Waals surface area contributed by atoms with Crippen LogP contribution in [-0.4, -0.2) is 10.2 Å². The average Bonchev–Trinajstić information content (AvgIpc) is 2.95. The summed E-state index contributed by atoms with van der Waals surface area (Å²) >= 11 is 6.84. The Morgan fingerprint density at radius 3 is 2.44 bits per heavy atom. The largest absolute Gasteiger partial charge is 0.270 e. The molecule has 2 nitrogen and oxygen atoms in total. The van der Waals surface area contributed by atoms with Gasteiger partial charge in [0.1, 0.15) is 0 Å². The van der Waals surface area contributed by atoms with E-state index < -0.39 is 0 Å². The third-order valence-electron chi connectivity index (χ3n) is 4.34. The van der Waals surface area contributed by atoms with Gasteiger partial charge in [-0.3, -0.25) is 9.69 Å². The summed E-state index contributed by atoms with van der Waals surface area (Å²) in [7, 11) is 0. The van der Waals surface area contributed by atoms with E-state index in [1.165, 1.54) is 11.8 Å². The molecule has 1 fully saturated rings. The number of rotatable bonds is 3. The molecule has 0 unspecified atom stereocenters. The molecular weight excluding hydrogens is 370 g/mol. The number of fused-ring (bicyclic) bond motifs is 1. The zero-order chi connectivity index (χ0) is 18.8. The van der Waals surface area contributed by atoms with E-state index in [-0.39, 0.29) is 5.91 Å². The van der Waals surface area contributed by atoms with E-state index in [2.05, 4.69) is 12.1 Å². The minimum absolute atomic E-state index is 0.0684. The molecule has 0 bridgehead atoms. The normalized spacial score (nSPS) is 16.6. The second-order valence-electron chi connectivity index (χ2n) is 6.35. The molecule has 0 saturated carbocycles. The van der Waals surface area contributed by atoms with E-state index in [4.69, 9.17) is 12.2 Å². The van der Waals surface area contributed by atoms with Crippen molar-refractivity contribution in [2.45, 2.75) is 6.92 Å². The highest BCUT2D eigenvalue weighted by molar-refractivity contribution is 8.27. The van der Waals surface area contributed by atoms with Crippen LogP contribution in [0.3, 0.4) is 0 Å². The van der Waals surface area contributed by atoms with Gasteiger partial charge in [0.25, 0.3) is 5.91 Å². The van der Waals surface area contributed by atoms with Crippen LogP contribution in [0.4, 0.5) is 5.69 Å². The molecule has 0 atom stereocenters. The summed E-state index contributed by atoms with van der Waals surface area (Å²) in [4.78, 5) is 15.2. The highest BCUT2D eigenvalue weighted by atomic mass is 32.2. The van der Waals surface area contributed by atoms with Gasteiger partial charge in [0.05, 0.1) is 10.6 Å². The summed E-state index contributed by atoms with van der Waals surface area (Å²) in [5.74, 6) is -0.0684. The van der Waals surface area contributed by atoms with Crippen LogP contribution in [0.2, 0.25) is 0 Å². The lowest BCUT2D eigenvalue weighted by Crippen LogP contribution is -2.27. The van der Waals surface area contributed by atoms with Gasteiger partial charge in [-0.15, -0.1) is 0 Å². The first-order valence-electron chi connectivity index (χ1n) is 8.62. The Hall–Kier alpha value is -2.69. The number of hydrogen-bond acceptors (Lipinski definition) is 3.